The predicted molar refractivity (Wildman–Crippen MR) is 99.9 cm³/mol. The van der Waals surface area contributed by atoms with E-state index in [1.54, 1.807) is 6.92 Å². The van der Waals surface area contributed by atoms with E-state index in [1.165, 1.54) is 24.3 Å². The standard InChI is InChI=1S/C16H16ClN3O6S/c1-2-20(16(23)24)10-5-3-9(4-6-10)19-27(25,26)11-7-12(15(18)22)14(21)13(17)8-11/h3-8,19,21H,2H2,1H3,(H2,18,22)(H,23,24). The number of amides is 2. The van der Waals surface area contributed by atoms with Crippen molar-refractivity contribution in [1.82, 2.24) is 0 Å². The summed E-state index contributed by atoms with van der Waals surface area (Å²) in [6.07, 6.45) is -1.14. The molecule has 2 aromatic carbocycles. The molecule has 0 spiro atoms. The number of hydrogen-bond donors (Lipinski definition) is 4. The number of nitrogens with zero attached hydrogens (tertiary/aromatic N) is 1. The Bertz CT molecular complexity index is 992. The van der Waals surface area contributed by atoms with Crippen LogP contribution in [0, 0.1) is 0 Å². The minimum absolute atomic E-state index is 0.157. The largest absolute Gasteiger partial charge is 0.506 e. The highest BCUT2D eigenvalue weighted by Gasteiger charge is 2.21. The molecule has 2 aromatic rings. The molecule has 9 nitrogen and oxygen atoms in total. The zero-order valence-corrected chi connectivity index (χ0v) is 15.6. The fraction of sp³-hybridized carbons (Fsp3) is 0.125. The molecule has 0 fully saturated rings. The minimum Gasteiger partial charge on any atom is -0.506 e. The summed E-state index contributed by atoms with van der Waals surface area (Å²) in [6, 6.07) is 7.53. The number of rotatable bonds is 6. The third kappa shape index (κ3) is 4.41. The van der Waals surface area contributed by atoms with Crippen molar-refractivity contribution in [3.8, 4) is 5.75 Å². The summed E-state index contributed by atoms with van der Waals surface area (Å²) >= 11 is 5.76. The highest BCUT2D eigenvalue weighted by molar-refractivity contribution is 7.92. The van der Waals surface area contributed by atoms with Crippen LogP contribution in [0.4, 0.5) is 16.2 Å². The Kier molecular flexibility index (Phi) is 5.82. The van der Waals surface area contributed by atoms with Gasteiger partial charge in [0, 0.05) is 17.9 Å². The van der Waals surface area contributed by atoms with Crippen molar-refractivity contribution in [2.75, 3.05) is 16.2 Å². The first-order valence-electron chi connectivity index (χ1n) is 7.52. The van der Waals surface area contributed by atoms with Gasteiger partial charge >= 0.3 is 6.09 Å². The Balaban J connectivity index is 2.34. The smallest absolute Gasteiger partial charge is 0.411 e. The summed E-state index contributed by atoms with van der Waals surface area (Å²) < 4.78 is 27.3. The molecule has 0 bridgehead atoms. The number of carbonyl (C=O) groups excluding carboxylic acids is 1. The SMILES string of the molecule is CCN(C(=O)O)c1ccc(NS(=O)(=O)c2cc(Cl)c(O)c(C(N)=O)c2)cc1. The highest BCUT2D eigenvalue weighted by atomic mass is 35.5. The fourth-order valence-corrected chi connectivity index (χ4v) is 3.66. The second-order valence-electron chi connectivity index (χ2n) is 5.34. The first kappa shape index (κ1) is 20.3. The molecule has 27 heavy (non-hydrogen) atoms. The van der Waals surface area contributed by atoms with Crippen LogP contribution in [0.25, 0.3) is 0 Å². The Labute approximate surface area is 160 Å². The Morgan fingerprint density at radius 3 is 2.30 bits per heavy atom. The number of phenols is 1. The lowest BCUT2D eigenvalue weighted by molar-refractivity contribution is 0.0997. The number of carboxylic acid groups (broad SMARTS) is 1. The van der Waals surface area contributed by atoms with Gasteiger partial charge in [0.15, 0.2) is 0 Å². The van der Waals surface area contributed by atoms with Gasteiger partial charge in [-0.05, 0) is 43.3 Å². The van der Waals surface area contributed by atoms with Gasteiger partial charge in [-0.2, -0.15) is 0 Å². The molecule has 0 atom stereocenters. The maximum absolute atomic E-state index is 12.5. The van der Waals surface area contributed by atoms with Crippen molar-refractivity contribution >= 4 is 45.0 Å². The second kappa shape index (κ2) is 7.72. The van der Waals surface area contributed by atoms with Gasteiger partial charge in [-0.15, -0.1) is 0 Å². The monoisotopic (exact) mass is 413 g/mol. The van der Waals surface area contributed by atoms with Crippen molar-refractivity contribution in [3.05, 3.63) is 47.0 Å². The van der Waals surface area contributed by atoms with E-state index in [9.17, 15) is 23.1 Å². The molecular formula is C16H16ClN3O6S. The van der Waals surface area contributed by atoms with Crippen LogP contribution in [-0.2, 0) is 10.0 Å². The first-order valence-corrected chi connectivity index (χ1v) is 9.38. The second-order valence-corrected chi connectivity index (χ2v) is 7.43. The molecular weight excluding hydrogens is 398 g/mol. The summed E-state index contributed by atoms with van der Waals surface area (Å²) in [4.78, 5) is 23.2. The third-order valence-electron chi connectivity index (χ3n) is 3.59. The van der Waals surface area contributed by atoms with Gasteiger partial charge in [0.05, 0.1) is 15.5 Å². The number of nitrogens with one attached hydrogen (secondary N) is 1. The van der Waals surface area contributed by atoms with Gasteiger partial charge in [0.2, 0.25) is 0 Å². The predicted octanol–water partition coefficient (Wildman–Crippen LogP) is 2.45. The molecule has 0 aliphatic carbocycles. The fourth-order valence-electron chi connectivity index (χ4n) is 2.27. The average Bonchev–Trinajstić information content (AvgIpc) is 2.58. The van der Waals surface area contributed by atoms with E-state index in [1.807, 2.05) is 0 Å². The number of halogens is 1. The number of anilines is 2. The molecule has 0 saturated carbocycles. The Morgan fingerprint density at radius 1 is 1.22 bits per heavy atom. The quantitative estimate of drug-likeness (QED) is 0.571. The van der Waals surface area contributed by atoms with Crippen LogP contribution in [0.3, 0.4) is 0 Å². The lowest BCUT2D eigenvalue weighted by Crippen LogP contribution is -2.28. The normalized spacial score (nSPS) is 11.0. The molecule has 11 heteroatoms. The number of aromatic hydroxyl groups is 1. The van der Waals surface area contributed by atoms with Crippen molar-refractivity contribution in [3.63, 3.8) is 0 Å². The summed E-state index contributed by atoms with van der Waals surface area (Å²) in [6.45, 7) is 1.89. The van der Waals surface area contributed by atoms with Gasteiger partial charge in [0.1, 0.15) is 5.75 Å². The van der Waals surface area contributed by atoms with Gasteiger partial charge in [-0.3, -0.25) is 14.4 Å². The van der Waals surface area contributed by atoms with Crippen molar-refractivity contribution < 1.29 is 28.2 Å². The Morgan fingerprint density at radius 2 is 1.81 bits per heavy atom. The number of carbonyl (C=O) groups is 2. The summed E-state index contributed by atoms with van der Waals surface area (Å²) in [5.74, 6) is -1.65. The topological polar surface area (TPSA) is 150 Å². The van der Waals surface area contributed by atoms with Crippen LogP contribution < -0.4 is 15.4 Å². The number of sulfonamides is 1. The highest BCUT2D eigenvalue weighted by Crippen LogP contribution is 2.31. The van der Waals surface area contributed by atoms with Crippen LogP contribution in [0.2, 0.25) is 5.02 Å². The molecule has 0 unspecified atom stereocenters. The van der Waals surface area contributed by atoms with E-state index in [-0.39, 0.29) is 22.2 Å². The molecule has 144 valence electrons. The van der Waals surface area contributed by atoms with Gasteiger partial charge in [0.25, 0.3) is 15.9 Å². The molecule has 0 radical (unpaired) electrons. The molecule has 0 aliphatic heterocycles. The van der Waals surface area contributed by atoms with Gasteiger partial charge in [-0.25, -0.2) is 13.2 Å². The van der Waals surface area contributed by atoms with Gasteiger partial charge < -0.3 is 15.9 Å². The summed E-state index contributed by atoms with van der Waals surface area (Å²) in [7, 11) is -4.15. The molecule has 2 amide bonds. The van der Waals surface area contributed by atoms with E-state index in [4.69, 9.17) is 22.4 Å². The van der Waals surface area contributed by atoms with Crippen LogP contribution in [0.15, 0.2) is 41.3 Å². The maximum atomic E-state index is 12.5. The first-order chi connectivity index (χ1) is 12.6. The number of hydrogen-bond acceptors (Lipinski definition) is 5. The number of primary amides is 1. The van der Waals surface area contributed by atoms with Crippen molar-refractivity contribution in [2.45, 2.75) is 11.8 Å². The maximum Gasteiger partial charge on any atom is 0.411 e. The van der Waals surface area contributed by atoms with E-state index < -0.39 is 33.3 Å². The zero-order valence-electron chi connectivity index (χ0n) is 14.0. The average molecular weight is 414 g/mol. The van der Waals surface area contributed by atoms with Crippen LogP contribution in [0.5, 0.6) is 5.75 Å². The lowest BCUT2D eigenvalue weighted by atomic mass is 10.2. The Hall–Kier alpha value is -2.98. The third-order valence-corrected chi connectivity index (χ3v) is 5.24. The molecule has 0 saturated heterocycles. The minimum atomic E-state index is -4.15. The van der Waals surface area contributed by atoms with E-state index in [0.717, 1.165) is 17.0 Å². The lowest BCUT2D eigenvalue weighted by Gasteiger charge is -2.17. The zero-order chi connectivity index (χ0) is 20.4. The molecule has 5 N–H and O–H groups in total. The van der Waals surface area contributed by atoms with Crippen LogP contribution in [0.1, 0.15) is 17.3 Å². The number of benzene rings is 2. The van der Waals surface area contributed by atoms with E-state index in [0.29, 0.717) is 5.69 Å². The van der Waals surface area contributed by atoms with Crippen LogP contribution in [-0.4, -0.2) is 37.2 Å². The molecule has 2 rings (SSSR count). The molecule has 0 aliphatic rings. The molecule has 0 aromatic heterocycles. The molecule has 0 heterocycles. The van der Waals surface area contributed by atoms with Crippen molar-refractivity contribution in [2.24, 2.45) is 5.73 Å². The number of nitrogens with two attached hydrogens (primary N) is 1. The summed E-state index contributed by atoms with van der Waals surface area (Å²) in [5, 5.41) is 18.4. The van der Waals surface area contributed by atoms with Gasteiger partial charge in [-0.1, -0.05) is 11.6 Å². The van der Waals surface area contributed by atoms with E-state index >= 15 is 0 Å². The summed E-state index contributed by atoms with van der Waals surface area (Å²) in [5.41, 5.74) is 5.20. The van der Waals surface area contributed by atoms with E-state index in [2.05, 4.69) is 4.72 Å². The van der Waals surface area contributed by atoms with Crippen LogP contribution >= 0.6 is 11.6 Å². The van der Waals surface area contributed by atoms with Crippen molar-refractivity contribution in [1.29, 1.82) is 0 Å².